The first-order valence-corrected chi connectivity index (χ1v) is 7.57. The standard InChI is InChI=1S/C16H25N3O2/c1-11(2)9-14(17-12(3)20)16(21)19-8-6-13-5-7-18(4)15(13)10-19/h5,7,11,14H,6,8-10H2,1-4H3,(H,17,20). The minimum Gasteiger partial charge on any atom is -0.353 e. The first kappa shape index (κ1) is 15.6. The summed E-state index contributed by atoms with van der Waals surface area (Å²) in [6.45, 7) is 6.95. The average molecular weight is 291 g/mol. The highest BCUT2D eigenvalue weighted by atomic mass is 16.2. The second kappa shape index (κ2) is 6.33. The second-order valence-corrected chi connectivity index (χ2v) is 6.29. The van der Waals surface area contributed by atoms with Gasteiger partial charge in [0.15, 0.2) is 0 Å². The quantitative estimate of drug-likeness (QED) is 0.913. The minimum absolute atomic E-state index is 0.0331. The van der Waals surface area contributed by atoms with Gasteiger partial charge in [-0.3, -0.25) is 9.59 Å². The number of nitrogens with one attached hydrogen (secondary N) is 1. The summed E-state index contributed by atoms with van der Waals surface area (Å²) in [5.74, 6) is 0.248. The molecule has 1 N–H and O–H groups in total. The van der Waals surface area contributed by atoms with Crippen LogP contribution in [0.3, 0.4) is 0 Å². The van der Waals surface area contributed by atoms with E-state index in [-0.39, 0.29) is 11.8 Å². The third kappa shape index (κ3) is 3.65. The molecule has 0 fully saturated rings. The van der Waals surface area contributed by atoms with Crippen LogP contribution in [-0.2, 0) is 29.6 Å². The molecule has 116 valence electrons. The summed E-state index contributed by atoms with van der Waals surface area (Å²) in [5.41, 5.74) is 2.52. The lowest BCUT2D eigenvalue weighted by Gasteiger charge is -2.32. The van der Waals surface area contributed by atoms with Crippen molar-refractivity contribution < 1.29 is 9.59 Å². The Morgan fingerprint density at radius 1 is 1.38 bits per heavy atom. The predicted molar refractivity (Wildman–Crippen MR) is 81.6 cm³/mol. The van der Waals surface area contributed by atoms with Crippen molar-refractivity contribution in [2.75, 3.05) is 6.54 Å². The van der Waals surface area contributed by atoms with Crippen molar-refractivity contribution in [3.05, 3.63) is 23.5 Å². The summed E-state index contributed by atoms with van der Waals surface area (Å²) in [7, 11) is 2.01. The van der Waals surface area contributed by atoms with Gasteiger partial charge in [0.1, 0.15) is 6.04 Å². The van der Waals surface area contributed by atoms with Crippen LogP contribution in [0.1, 0.15) is 38.4 Å². The summed E-state index contributed by atoms with van der Waals surface area (Å²) in [6, 6.07) is 1.71. The van der Waals surface area contributed by atoms with Crippen LogP contribution >= 0.6 is 0 Å². The van der Waals surface area contributed by atoms with E-state index >= 15 is 0 Å². The van der Waals surface area contributed by atoms with Crippen LogP contribution in [0.5, 0.6) is 0 Å². The van der Waals surface area contributed by atoms with Crippen molar-refractivity contribution >= 4 is 11.8 Å². The van der Waals surface area contributed by atoms with Crippen molar-refractivity contribution in [2.45, 2.75) is 46.2 Å². The molecular weight excluding hydrogens is 266 g/mol. The minimum atomic E-state index is -0.413. The van der Waals surface area contributed by atoms with Crippen LogP contribution in [0.25, 0.3) is 0 Å². The molecule has 1 aliphatic rings. The van der Waals surface area contributed by atoms with Gasteiger partial charge in [-0.2, -0.15) is 0 Å². The largest absolute Gasteiger partial charge is 0.353 e. The zero-order chi connectivity index (χ0) is 15.6. The van der Waals surface area contributed by atoms with E-state index in [4.69, 9.17) is 0 Å². The van der Waals surface area contributed by atoms with Crippen LogP contribution in [0.4, 0.5) is 0 Å². The van der Waals surface area contributed by atoms with Crippen LogP contribution in [-0.4, -0.2) is 33.9 Å². The van der Waals surface area contributed by atoms with Crippen molar-refractivity contribution in [3.8, 4) is 0 Å². The molecular formula is C16H25N3O2. The topological polar surface area (TPSA) is 54.3 Å². The molecule has 1 unspecified atom stereocenters. The molecule has 0 saturated carbocycles. The van der Waals surface area contributed by atoms with Crippen molar-refractivity contribution in [3.63, 3.8) is 0 Å². The van der Waals surface area contributed by atoms with E-state index < -0.39 is 6.04 Å². The number of nitrogens with zero attached hydrogens (tertiary/aromatic N) is 2. The smallest absolute Gasteiger partial charge is 0.245 e. The molecule has 0 aliphatic carbocycles. The highest BCUT2D eigenvalue weighted by molar-refractivity contribution is 5.87. The molecule has 0 bridgehead atoms. The monoisotopic (exact) mass is 291 g/mol. The van der Waals surface area contributed by atoms with E-state index in [1.165, 1.54) is 18.2 Å². The van der Waals surface area contributed by atoms with Gasteiger partial charge < -0.3 is 14.8 Å². The molecule has 1 atom stereocenters. The number of amides is 2. The van der Waals surface area contributed by atoms with Gasteiger partial charge in [-0.25, -0.2) is 0 Å². The zero-order valence-corrected chi connectivity index (χ0v) is 13.3. The van der Waals surface area contributed by atoms with Gasteiger partial charge in [-0.15, -0.1) is 0 Å². The average Bonchev–Trinajstić information content (AvgIpc) is 2.77. The molecule has 2 heterocycles. The third-order valence-electron chi connectivity index (χ3n) is 3.98. The molecule has 0 spiro atoms. The Balaban J connectivity index is 2.10. The summed E-state index contributed by atoms with van der Waals surface area (Å²) in [6.07, 6.45) is 3.60. The Hall–Kier alpha value is -1.78. The molecule has 0 saturated heterocycles. The molecule has 5 nitrogen and oxygen atoms in total. The maximum atomic E-state index is 12.7. The van der Waals surface area contributed by atoms with E-state index in [0.29, 0.717) is 18.9 Å². The molecule has 0 radical (unpaired) electrons. The molecule has 1 aromatic rings. The van der Waals surface area contributed by atoms with Gasteiger partial charge in [-0.05, 0) is 30.4 Å². The molecule has 1 aliphatic heterocycles. The van der Waals surface area contributed by atoms with E-state index in [1.54, 1.807) is 0 Å². The number of hydrogen-bond acceptors (Lipinski definition) is 2. The summed E-state index contributed by atoms with van der Waals surface area (Å²) >= 11 is 0. The SMILES string of the molecule is CC(=O)NC(CC(C)C)C(=O)N1CCc2ccn(C)c2C1. The fraction of sp³-hybridized carbons (Fsp3) is 0.625. The number of fused-ring (bicyclic) bond motifs is 1. The number of carbonyl (C=O) groups excluding carboxylic acids is 2. The number of hydrogen-bond donors (Lipinski definition) is 1. The van der Waals surface area contributed by atoms with Gasteiger partial charge in [0, 0.05) is 32.4 Å². The lowest BCUT2D eigenvalue weighted by atomic mass is 10.0. The first-order chi connectivity index (χ1) is 9.88. The van der Waals surface area contributed by atoms with E-state index in [1.807, 2.05) is 18.1 Å². The molecule has 2 amide bonds. The fourth-order valence-electron chi connectivity index (χ4n) is 2.92. The fourth-order valence-corrected chi connectivity index (χ4v) is 2.92. The van der Waals surface area contributed by atoms with Crippen LogP contribution in [0.15, 0.2) is 12.3 Å². The Morgan fingerprint density at radius 2 is 2.10 bits per heavy atom. The molecule has 21 heavy (non-hydrogen) atoms. The van der Waals surface area contributed by atoms with Gasteiger partial charge in [0.2, 0.25) is 11.8 Å². The Kier molecular flexibility index (Phi) is 4.70. The first-order valence-electron chi connectivity index (χ1n) is 7.57. The maximum Gasteiger partial charge on any atom is 0.245 e. The zero-order valence-electron chi connectivity index (χ0n) is 13.3. The highest BCUT2D eigenvalue weighted by Crippen LogP contribution is 2.21. The normalized spacial score (nSPS) is 15.8. The van der Waals surface area contributed by atoms with Gasteiger partial charge >= 0.3 is 0 Å². The third-order valence-corrected chi connectivity index (χ3v) is 3.98. The Bertz CT molecular complexity index is 534. The lowest BCUT2D eigenvalue weighted by Crippen LogP contribution is -2.50. The number of carbonyl (C=O) groups is 2. The highest BCUT2D eigenvalue weighted by Gasteiger charge is 2.29. The van der Waals surface area contributed by atoms with Gasteiger partial charge in [0.25, 0.3) is 0 Å². The molecule has 1 aromatic heterocycles. The predicted octanol–water partition coefficient (Wildman–Crippen LogP) is 1.46. The Labute approximate surface area is 126 Å². The van der Waals surface area contributed by atoms with Crippen LogP contribution in [0.2, 0.25) is 0 Å². The van der Waals surface area contributed by atoms with E-state index in [2.05, 4.69) is 29.8 Å². The summed E-state index contributed by atoms with van der Waals surface area (Å²) < 4.78 is 2.07. The van der Waals surface area contributed by atoms with E-state index in [9.17, 15) is 9.59 Å². The van der Waals surface area contributed by atoms with Gasteiger partial charge in [0.05, 0.1) is 6.54 Å². The Morgan fingerprint density at radius 3 is 2.71 bits per heavy atom. The van der Waals surface area contributed by atoms with E-state index in [0.717, 1.165) is 13.0 Å². The van der Waals surface area contributed by atoms with Crippen molar-refractivity contribution in [1.82, 2.24) is 14.8 Å². The summed E-state index contributed by atoms with van der Waals surface area (Å²) in [5, 5.41) is 2.80. The molecule has 5 heteroatoms. The van der Waals surface area contributed by atoms with Crippen molar-refractivity contribution in [1.29, 1.82) is 0 Å². The van der Waals surface area contributed by atoms with Crippen molar-refractivity contribution in [2.24, 2.45) is 13.0 Å². The molecule has 0 aromatic carbocycles. The second-order valence-electron chi connectivity index (χ2n) is 6.29. The maximum absolute atomic E-state index is 12.7. The lowest BCUT2D eigenvalue weighted by molar-refractivity contribution is -0.137. The van der Waals surface area contributed by atoms with Gasteiger partial charge in [-0.1, -0.05) is 13.8 Å². The number of aryl methyl sites for hydroxylation is 1. The van der Waals surface area contributed by atoms with Crippen LogP contribution in [0, 0.1) is 5.92 Å². The summed E-state index contributed by atoms with van der Waals surface area (Å²) in [4.78, 5) is 25.9. The number of rotatable bonds is 4. The molecule has 2 rings (SSSR count). The van der Waals surface area contributed by atoms with Crippen LogP contribution < -0.4 is 5.32 Å². The number of aromatic nitrogens is 1.